The molecule has 3 aliphatic rings. The largest absolute Gasteiger partial charge is 0.222 e. The average Bonchev–Trinajstić information content (AvgIpc) is 3.34. The Morgan fingerprint density at radius 2 is 1.84 bits per heavy atom. The Morgan fingerprint density at radius 1 is 0.968 bits per heavy atom. The molecule has 0 amide bonds. The van der Waals surface area contributed by atoms with Crippen LogP contribution in [-0.2, 0) is 19.9 Å². The predicted molar refractivity (Wildman–Crippen MR) is 130 cm³/mol. The maximum absolute atomic E-state index is 2.55. The molecule has 0 spiro atoms. The van der Waals surface area contributed by atoms with Crippen molar-refractivity contribution in [2.75, 3.05) is 0 Å². The van der Waals surface area contributed by atoms with Gasteiger partial charge in [0.25, 0.3) is 0 Å². The molecule has 0 unspecified atom stereocenters. The van der Waals surface area contributed by atoms with E-state index in [-0.39, 0.29) is 0 Å². The molecule has 2 heterocycles. The van der Waals surface area contributed by atoms with Gasteiger partial charge < -0.3 is 0 Å². The number of benzene rings is 3. The normalized spacial score (nSPS) is 17.5. The first kappa shape index (κ1) is 18.3. The second-order valence-corrected chi connectivity index (χ2v) is 10.9. The summed E-state index contributed by atoms with van der Waals surface area (Å²) in [5.74, 6) is 0.753. The van der Waals surface area contributed by atoms with Gasteiger partial charge in [0.2, 0.25) is 5.69 Å². The predicted octanol–water partition coefficient (Wildman–Crippen LogP) is 7.40. The van der Waals surface area contributed by atoms with Crippen LogP contribution in [0.5, 0.6) is 0 Å². The minimum Gasteiger partial charge on any atom is -0.200 e. The molecule has 0 bridgehead atoms. The first-order valence-electron chi connectivity index (χ1n) is 11.9. The van der Waals surface area contributed by atoms with Crippen molar-refractivity contribution in [2.24, 2.45) is 7.05 Å². The number of pyridine rings is 1. The van der Waals surface area contributed by atoms with Crippen molar-refractivity contribution in [3.05, 3.63) is 64.8 Å². The smallest absolute Gasteiger partial charge is 0.200 e. The van der Waals surface area contributed by atoms with Gasteiger partial charge in [0.1, 0.15) is 7.05 Å². The second kappa shape index (κ2) is 6.59. The highest BCUT2D eigenvalue weighted by molar-refractivity contribution is 7.99. The van der Waals surface area contributed by atoms with Crippen molar-refractivity contribution in [3.63, 3.8) is 0 Å². The molecule has 0 N–H and O–H groups in total. The van der Waals surface area contributed by atoms with Crippen molar-refractivity contribution in [3.8, 4) is 11.3 Å². The van der Waals surface area contributed by atoms with E-state index in [1.807, 2.05) is 0 Å². The molecule has 1 fully saturated rings. The van der Waals surface area contributed by atoms with Gasteiger partial charge in [0, 0.05) is 15.9 Å². The molecule has 4 aromatic rings. The summed E-state index contributed by atoms with van der Waals surface area (Å²) in [6.07, 6.45) is 11.5. The molecule has 31 heavy (non-hydrogen) atoms. The SMILES string of the molecule is Cc1c2c(c3c4c(cccc14)CCC3)Sc1cc(C3CCCC3)cc3cc[n+](C)c-2c13. The van der Waals surface area contributed by atoms with Crippen molar-refractivity contribution >= 4 is 33.3 Å². The van der Waals surface area contributed by atoms with Crippen molar-refractivity contribution < 1.29 is 4.57 Å². The molecule has 3 aromatic carbocycles. The van der Waals surface area contributed by atoms with Crippen LogP contribution in [0.3, 0.4) is 0 Å². The van der Waals surface area contributed by atoms with Gasteiger partial charge in [-0.25, -0.2) is 4.57 Å². The summed E-state index contributed by atoms with van der Waals surface area (Å²) in [5.41, 5.74) is 9.10. The Morgan fingerprint density at radius 3 is 2.71 bits per heavy atom. The number of aryl methyl sites for hydroxylation is 4. The number of rotatable bonds is 1. The number of hydrogen-bond donors (Lipinski definition) is 0. The Hall–Kier alpha value is -2.32. The molecular weight excluding hydrogens is 394 g/mol. The van der Waals surface area contributed by atoms with E-state index in [1.165, 1.54) is 87.7 Å². The van der Waals surface area contributed by atoms with Crippen molar-refractivity contribution in [1.82, 2.24) is 0 Å². The second-order valence-electron chi connectivity index (χ2n) is 9.84. The van der Waals surface area contributed by atoms with E-state index in [4.69, 9.17) is 0 Å². The fraction of sp³-hybridized carbons (Fsp3) is 0.345. The number of aromatic nitrogens is 1. The highest BCUT2D eigenvalue weighted by atomic mass is 32.2. The summed E-state index contributed by atoms with van der Waals surface area (Å²) in [7, 11) is 2.23. The lowest BCUT2D eigenvalue weighted by Crippen LogP contribution is -2.32. The van der Waals surface area contributed by atoms with Crippen LogP contribution in [0.4, 0.5) is 0 Å². The van der Waals surface area contributed by atoms with Gasteiger partial charge in [-0.2, -0.15) is 0 Å². The van der Waals surface area contributed by atoms with Crippen LogP contribution in [0, 0.1) is 6.92 Å². The third kappa shape index (κ3) is 2.49. The summed E-state index contributed by atoms with van der Waals surface area (Å²) < 4.78 is 2.37. The molecule has 1 saturated carbocycles. The maximum Gasteiger partial charge on any atom is 0.222 e. The van der Waals surface area contributed by atoms with E-state index in [1.54, 1.807) is 22.1 Å². The molecule has 0 radical (unpaired) electrons. The van der Waals surface area contributed by atoms with Crippen LogP contribution >= 0.6 is 11.8 Å². The quantitative estimate of drug-likeness (QED) is 0.254. The third-order valence-corrected chi connectivity index (χ3v) is 9.30. The minimum atomic E-state index is 0.753. The lowest BCUT2D eigenvalue weighted by Gasteiger charge is -2.28. The van der Waals surface area contributed by atoms with E-state index < -0.39 is 0 Å². The highest BCUT2D eigenvalue weighted by Gasteiger charge is 2.33. The average molecular weight is 423 g/mol. The van der Waals surface area contributed by atoms with Crippen molar-refractivity contribution in [2.45, 2.75) is 67.6 Å². The van der Waals surface area contributed by atoms with Crippen LogP contribution in [0.15, 0.2) is 52.4 Å². The molecule has 1 aliphatic heterocycles. The molecule has 0 saturated heterocycles. The topological polar surface area (TPSA) is 3.88 Å². The van der Waals surface area contributed by atoms with Crippen LogP contribution in [0.1, 0.15) is 60.3 Å². The zero-order valence-corrected chi connectivity index (χ0v) is 19.2. The maximum atomic E-state index is 2.55. The van der Waals surface area contributed by atoms with Gasteiger partial charge in [0.05, 0.1) is 10.9 Å². The molecular formula is C29H28NS+. The summed E-state index contributed by atoms with van der Waals surface area (Å²) in [6.45, 7) is 2.35. The lowest BCUT2D eigenvalue weighted by molar-refractivity contribution is -0.659. The van der Waals surface area contributed by atoms with Crippen LogP contribution < -0.4 is 4.57 Å². The monoisotopic (exact) mass is 422 g/mol. The molecule has 154 valence electrons. The van der Waals surface area contributed by atoms with Gasteiger partial charge >= 0.3 is 0 Å². The Kier molecular flexibility index (Phi) is 3.88. The van der Waals surface area contributed by atoms with Crippen molar-refractivity contribution in [1.29, 1.82) is 0 Å². The first-order chi connectivity index (χ1) is 15.2. The van der Waals surface area contributed by atoms with Crippen LogP contribution in [-0.4, -0.2) is 0 Å². The lowest BCUT2D eigenvalue weighted by atomic mass is 9.83. The fourth-order valence-electron chi connectivity index (χ4n) is 6.61. The number of nitrogens with zero attached hydrogens (tertiary/aromatic N) is 1. The Labute approximate surface area is 188 Å². The van der Waals surface area contributed by atoms with Crippen LogP contribution in [0.2, 0.25) is 0 Å². The molecule has 2 heteroatoms. The van der Waals surface area contributed by atoms with E-state index in [0.29, 0.717) is 0 Å². The van der Waals surface area contributed by atoms with Crippen LogP contribution in [0.25, 0.3) is 32.8 Å². The molecule has 1 nitrogen and oxygen atoms in total. The third-order valence-electron chi connectivity index (χ3n) is 8.10. The summed E-state index contributed by atoms with van der Waals surface area (Å²) in [4.78, 5) is 3.02. The standard InChI is InChI=1S/C29H28NS/c1-17-22-11-5-9-19-10-6-12-23(26(19)22)29-25(17)28-27-20(13-14-30(28)2)15-21(16-24(27)31-29)18-7-3-4-8-18/h5,9,11,13-16,18H,3-4,6-8,10,12H2,1-2H3/q+1. The van der Waals surface area contributed by atoms with Gasteiger partial charge in [0.15, 0.2) is 6.20 Å². The molecule has 7 rings (SSSR count). The fourth-order valence-corrected chi connectivity index (χ4v) is 8.02. The number of hydrogen-bond acceptors (Lipinski definition) is 1. The zero-order valence-electron chi connectivity index (χ0n) is 18.4. The highest BCUT2D eigenvalue weighted by Crippen LogP contribution is 2.53. The summed E-state index contributed by atoms with van der Waals surface area (Å²) >= 11 is 2.07. The Balaban J connectivity index is 1.60. The van der Waals surface area contributed by atoms with E-state index in [2.05, 4.69) is 72.9 Å². The minimum absolute atomic E-state index is 0.753. The summed E-state index contributed by atoms with van der Waals surface area (Å²) in [6, 6.07) is 14.4. The van der Waals surface area contributed by atoms with E-state index >= 15 is 0 Å². The molecule has 0 atom stereocenters. The summed E-state index contributed by atoms with van der Waals surface area (Å²) in [5, 5.41) is 5.91. The van der Waals surface area contributed by atoms with E-state index in [0.717, 1.165) is 5.92 Å². The van der Waals surface area contributed by atoms with Gasteiger partial charge in [-0.1, -0.05) is 48.9 Å². The van der Waals surface area contributed by atoms with E-state index in [9.17, 15) is 0 Å². The van der Waals surface area contributed by atoms with Gasteiger partial charge in [-0.15, -0.1) is 0 Å². The first-order valence-corrected chi connectivity index (χ1v) is 12.7. The van der Waals surface area contributed by atoms with Gasteiger partial charge in [-0.05, 0) is 89.4 Å². The molecule has 1 aromatic heterocycles. The molecule has 2 aliphatic carbocycles. The zero-order chi connectivity index (χ0) is 20.7. The number of fused-ring (bicyclic) bond motifs is 3. The van der Waals surface area contributed by atoms with Gasteiger partial charge in [-0.3, -0.25) is 0 Å². The Bertz CT molecular complexity index is 1410.